The van der Waals surface area contributed by atoms with Gasteiger partial charge in [-0.2, -0.15) is 0 Å². The number of nitrogens with two attached hydrogens (primary N) is 2. The van der Waals surface area contributed by atoms with Crippen LogP contribution in [-0.2, 0) is 6.42 Å². The highest BCUT2D eigenvalue weighted by molar-refractivity contribution is 6.00. The van der Waals surface area contributed by atoms with Crippen LogP contribution in [0, 0.1) is 0 Å². The topological polar surface area (TPSA) is 69.1 Å². The lowest BCUT2D eigenvalue weighted by atomic mass is 10.0. The van der Waals surface area contributed by atoms with Crippen molar-refractivity contribution in [3.63, 3.8) is 0 Å². The van der Waals surface area contributed by atoms with Gasteiger partial charge >= 0.3 is 0 Å². The first-order valence-electron chi connectivity index (χ1n) is 5.89. The van der Waals surface area contributed by atoms with Crippen LogP contribution in [0.4, 0.5) is 11.4 Å². The van der Waals surface area contributed by atoms with E-state index in [1.807, 2.05) is 36.4 Å². The minimum Gasteiger partial charge on any atom is -0.399 e. The predicted molar refractivity (Wildman–Crippen MR) is 74.4 cm³/mol. The molecular formula is C15H16N2O. The number of Topliss-reactive ketones (excluding diaryl/α,β-unsaturated/α-hetero) is 1. The van der Waals surface area contributed by atoms with Crippen LogP contribution in [0.2, 0.25) is 0 Å². The molecule has 0 bridgehead atoms. The van der Waals surface area contributed by atoms with E-state index < -0.39 is 0 Å². The zero-order valence-electron chi connectivity index (χ0n) is 10.1. The van der Waals surface area contributed by atoms with E-state index in [1.54, 1.807) is 12.1 Å². The van der Waals surface area contributed by atoms with Gasteiger partial charge in [0.05, 0.1) is 0 Å². The summed E-state index contributed by atoms with van der Waals surface area (Å²) in [6.45, 7) is 0. The molecule has 2 aromatic carbocycles. The number of nitrogen functional groups attached to an aromatic ring is 2. The van der Waals surface area contributed by atoms with E-state index >= 15 is 0 Å². The van der Waals surface area contributed by atoms with Crippen molar-refractivity contribution in [3.05, 3.63) is 59.7 Å². The van der Waals surface area contributed by atoms with E-state index in [-0.39, 0.29) is 5.78 Å². The van der Waals surface area contributed by atoms with Gasteiger partial charge in [-0.25, -0.2) is 0 Å². The third kappa shape index (κ3) is 2.88. The highest BCUT2D eigenvalue weighted by Gasteiger charge is 2.08. The van der Waals surface area contributed by atoms with Crippen molar-refractivity contribution in [3.8, 4) is 0 Å². The maximum absolute atomic E-state index is 12.0. The number of anilines is 2. The fourth-order valence-corrected chi connectivity index (χ4v) is 1.89. The van der Waals surface area contributed by atoms with E-state index in [9.17, 15) is 4.79 Å². The van der Waals surface area contributed by atoms with Gasteiger partial charge < -0.3 is 11.5 Å². The van der Waals surface area contributed by atoms with E-state index in [0.29, 0.717) is 24.1 Å². The summed E-state index contributed by atoms with van der Waals surface area (Å²) in [6, 6.07) is 14.7. The lowest BCUT2D eigenvalue weighted by molar-refractivity contribution is 0.0983. The van der Waals surface area contributed by atoms with Crippen LogP contribution in [0.5, 0.6) is 0 Å². The van der Waals surface area contributed by atoms with Gasteiger partial charge in [0.1, 0.15) is 0 Å². The summed E-state index contributed by atoms with van der Waals surface area (Å²) in [5.74, 6) is 0.0653. The second-order valence-electron chi connectivity index (χ2n) is 4.26. The van der Waals surface area contributed by atoms with Crippen LogP contribution < -0.4 is 11.5 Å². The maximum Gasteiger partial charge on any atom is 0.165 e. The van der Waals surface area contributed by atoms with Crippen molar-refractivity contribution < 1.29 is 4.79 Å². The first-order chi connectivity index (χ1) is 8.66. The summed E-state index contributed by atoms with van der Waals surface area (Å²) in [6.07, 6.45) is 1.12. The number of hydrogen-bond donors (Lipinski definition) is 2. The lowest BCUT2D eigenvalue weighted by Crippen LogP contribution is -2.05. The molecule has 0 heterocycles. The fourth-order valence-electron chi connectivity index (χ4n) is 1.89. The molecule has 92 valence electrons. The predicted octanol–water partition coefficient (Wildman–Crippen LogP) is 2.67. The quantitative estimate of drug-likeness (QED) is 0.637. The molecule has 0 saturated carbocycles. The van der Waals surface area contributed by atoms with Crippen LogP contribution in [0.1, 0.15) is 22.3 Å². The first-order valence-corrected chi connectivity index (χ1v) is 5.89. The highest BCUT2D eigenvalue weighted by atomic mass is 16.1. The zero-order valence-corrected chi connectivity index (χ0v) is 10.1. The monoisotopic (exact) mass is 240 g/mol. The molecule has 3 heteroatoms. The molecule has 0 aliphatic carbocycles. The van der Waals surface area contributed by atoms with Gasteiger partial charge in [0.15, 0.2) is 5.78 Å². The van der Waals surface area contributed by atoms with Gasteiger partial charge in [-0.15, -0.1) is 0 Å². The Morgan fingerprint density at radius 3 is 2.50 bits per heavy atom. The van der Waals surface area contributed by atoms with Gasteiger partial charge in [-0.3, -0.25) is 4.79 Å². The van der Waals surface area contributed by atoms with E-state index in [2.05, 4.69) is 0 Å². The molecule has 4 N–H and O–H groups in total. The molecule has 18 heavy (non-hydrogen) atoms. The van der Waals surface area contributed by atoms with Gasteiger partial charge in [0.25, 0.3) is 0 Å². The SMILES string of the molecule is Nc1cccc(CCC(=O)c2ccccc2N)c1. The minimum atomic E-state index is 0.0653. The van der Waals surface area contributed by atoms with Crippen LogP contribution >= 0.6 is 0 Å². The zero-order chi connectivity index (χ0) is 13.0. The van der Waals surface area contributed by atoms with E-state index in [0.717, 1.165) is 11.3 Å². The molecule has 0 amide bonds. The lowest BCUT2D eigenvalue weighted by Gasteiger charge is -2.05. The number of ketones is 1. The Bertz CT molecular complexity index is 564. The van der Waals surface area contributed by atoms with Gasteiger partial charge in [0, 0.05) is 23.4 Å². The Kier molecular flexibility index (Phi) is 3.63. The van der Waals surface area contributed by atoms with Crippen LogP contribution in [0.15, 0.2) is 48.5 Å². The third-order valence-corrected chi connectivity index (χ3v) is 2.85. The molecule has 0 fully saturated rings. The van der Waals surface area contributed by atoms with Crippen molar-refractivity contribution in [2.24, 2.45) is 0 Å². The third-order valence-electron chi connectivity index (χ3n) is 2.85. The van der Waals surface area contributed by atoms with Crippen molar-refractivity contribution in [1.29, 1.82) is 0 Å². The number of aryl methyl sites for hydroxylation is 1. The number of carbonyl (C=O) groups is 1. The van der Waals surface area contributed by atoms with Crippen molar-refractivity contribution in [1.82, 2.24) is 0 Å². The number of hydrogen-bond acceptors (Lipinski definition) is 3. The Labute approximate surface area is 106 Å². The molecule has 0 saturated heterocycles. The maximum atomic E-state index is 12.0. The van der Waals surface area contributed by atoms with Gasteiger partial charge in [0.2, 0.25) is 0 Å². The fraction of sp³-hybridized carbons (Fsp3) is 0.133. The van der Waals surface area contributed by atoms with Gasteiger partial charge in [-0.1, -0.05) is 24.3 Å². The Hall–Kier alpha value is -2.29. The van der Waals surface area contributed by atoms with Crippen molar-refractivity contribution in [2.75, 3.05) is 11.5 Å². The standard InChI is InChI=1S/C15H16N2O/c16-12-5-3-4-11(10-12)8-9-15(18)13-6-1-2-7-14(13)17/h1-7,10H,8-9,16-17H2. The minimum absolute atomic E-state index is 0.0653. The number of carbonyl (C=O) groups excluding carboxylic acids is 1. The van der Waals surface area contributed by atoms with Crippen molar-refractivity contribution in [2.45, 2.75) is 12.8 Å². The van der Waals surface area contributed by atoms with E-state index in [1.165, 1.54) is 0 Å². The molecule has 0 aliphatic rings. The smallest absolute Gasteiger partial charge is 0.165 e. The average Bonchev–Trinajstić information content (AvgIpc) is 2.37. The summed E-state index contributed by atoms with van der Waals surface area (Å²) in [7, 11) is 0. The van der Waals surface area contributed by atoms with Crippen LogP contribution in [0.3, 0.4) is 0 Å². The molecule has 0 aromatic heterocycles. The number of benzene rings is 2. The first kappa shape index (κ1) is 12.2. The molecule has 3 nitrogen and oxygen atoms in total. The molecular weight excluding hydrogens is 224 g/mol. The van der Waals surface area contributed by atoms with Crippen LogP contribution in [-0.4, -0.2) is 5.78 Å². The van der Waals surface area contributed by atoms with Crippen molar-refractivity contribution >= 4 is 17.2 Å². The molecule has 0 spiro atoms. The second kappa shape index (κ2) is 5.36. The molecule has 0 radical (unpaired) electrons. The van der Waals surface area contributed by atoms with Crippen LogP contribution in [0.25, 0.3) is 0 Å². The average molecular weight is 240 g/mol. The molecule has 0 aliphatic heterocycles. The number of rotatable bonds is 4. The Morgan fingerprint density at radius 2 is 1.78 bits per heavy atom. The normalized spacial score (nSPS) is 10.2. The van der Waals surface area contributed by atoms with E-state index in [4.69, 9.17) is 11.5 Å². The molecule has 0 atom stereocenters. The molecule has 2 aromatic rings. The Balaban J connectivity index is 2.03. The summed E-state index contributed by atoms with van der Waals surface area (Å²) in [4.78, 5) is 12.0. The van der Waals surface area contributed by atoms with Gasteiger partial charge in [-0.05, 0) is 36.2 Å². The molecule has 0 unspecified atom stereocenters. The summed E-state index contributed by atoms with van der Waals surface area (Å²) in [5, 5.41) is 0. The summed E-state index contributed by atoms with van der Waals surface area (Å²) < 4.78 is 0. The summed E-state index contributed by atoms with van der Waals surface area (Å²) >= 11 is 0. The molecule has 2 rings (SSSR count). The number of para-hydroxylation sites is 1. The Morgan fingerprint density at radius 1 is 1.00 bits per heavy atom. The highest BCUT2D eigenvalue weighted by Crippen LogP contribution is 2.15. The second-order valence-corrected chi connectivity index (χ2v) is 4.26. The largest absolute Gasteiger partial charge is 0.399 e. The summed E-state index contributed by atoms with van der Waals surface area (Å²) in [5.41, 5.74) is 14.4.